The van der Waals surface area contributed by atoms with Gasteiger partial charge in [-0.2, -0.15) is 13.2 Å². The molecule has 0 aliphatic carbocycles. The summed E-state index contributed by atoms with van der Waals surface area (Å²) >= 11 is 0. The van der Waals surface area contributed by atoms with Crippen LogP contribution in [0, 0.1) is 0 Å². The second-order valence-corrected chi connectivity index (χ2v) is 3.68. The number of rotatable bonds is 4. The molecule has 0 fully saturated rings. The van der Waals surface area contributed by atoms with E-state index in [2.05, 4.69) is 0 Å². The van der Waals surface area contributed by atoms with E-state index >= 15 is 0 Å². The minimum Gasteiger partial charge on any atom is -0.231 e. The van der Waals surface area contributed by atoms with Crippen LogP contribution in [0.3, 0.4) is 0 Å². The second-order valence-electron chi connectivity index (χ2n) is 3.68. The lowest BCUT2D eigenvalue weighted by molar-refractivity contribution is -0.243. The van der Waals surface area contributed by atoms with E-state index in [9.17, 15) is 26.3 Å². The molecule has 0 nitrogen and oxygen atoms in total. The second kappa shape index (κ2) is 5.46. The molecule has 100 valence electrons. The fourth-order valence-electron chi connectivity index (χ4n) is 1.26. The van der Waals surface area contributed by atoms with Gasteiger partial charge in [-0.15, -0.1) is 0 Å². The van der Waals surface area contributed by atoms with E-state index in [4.69, 9.17) is 0 Å². The van der Waals surface area contributed by atoms with Gasteiger partial charge in [0.15, 0.2) is 0 Å². The van der Waals surface area contributed by atoms with Crippen molar-refractivity contribution in [3.05, 3.63) is 42.0 Å². The third kappa shape index (κ3) is 4.09. The number of allylic oxidation sites excluding steroid dienone is 1. The average Bonchev–Trinajstić information content (AvgIpc) is 2.28. The van der Waals surface area contributed by atoms with Crippen molar-refractivity contribution >= 4 is 6.08 Å². The molecule has 0 amide bonds. The van der Waals surface area contributed by atoms with Gasteiger partial charge in [-0.3, -0.25) is 0 Å². The van der Waals surface area contributed by atoms with E-state index in [0.717, 1.165) is 6.08 Å². The zero-order chi connectivity index (χ0) is 13.8. The third-order valence-electron chi connectivity index (χ3n) is 2.16. The topological polar surface area (TPSA) is 0 Å². The van der Waals surface area contributed by atoms with E-state index in [-0.39, 0.29) is 0 Å². The zero-order valence-corrected chi connectivity index (χ0v) is 9.09. The highest BCUT2D eigenvalue weighted by Crippen LogP contribution is 2.37. The van der Waals surface area contributed by atoms with Crippen LogP contribution >= 0.6 is 0 Å². The third-order valence-corrected chi connectivity index (χ3v) is 2.16. The van der Waals surface area contributed by atoms with Gasteiger partial charge in [-0.1, -0.05) is 42.5 Å². The van der Waals surface area contributed by atoms with Gasteiger partial charge < -0.3 is 0 Å². The first kappa shape index (κ1) is 14.6. The molecule has 0 radical (unpaired) electrons. The number of hydrogen-bond donors (Lipinski definition) is 0. The summed E-state index contributed by atoms with van der Waals surface area (Å²) in [5, 5.41) is 0. The van der Waals surface area contributed by atoms with Gasteiger partial charge in [0.2, 0.25) is 0 Å². The van der Waals surface area contributed by atoms with Crippen LogP contribution in [0.15, 0.2) is 36.4 Å². The minimum absolute atomic E-state index is 0.552. The molecule has 1 atom stereocenters. The summed E-state index contributed by atoms with van der Waals surface area (Å²) in [5.74, 6) is -4.45. The number of alkyl halides is 6. The molecule has 1 unspecified atom stereocenters. The summed E-state index contributed by atoms with van der Waals surface area (Å²) in [7, 11) is 0. The summed E-state index contributed by atoms with van der Waals surface area (Å²) in [5.41, 5.74) is 0.552. The molecule has 0 bridgehead atoms. The maximum absolute atomic E-state index is 12.9. The highest BCUT2D eigenvalue weighted by molar-refractivity contribution is 5.48. The largest absolute Gasteiger partial charge is 0.425 e. The van der Waals surface area contributed by atoms with Crippen LogP contribution in [-0.2, 0) is 0 Å². The van der Waals surface area contributed by atoms with Crippen molar-refractivity contribution in [1.82, 2.24) is 0 Å². The molecule has 0 heterocycles. The standard InChI is InChI=1S/C12H10F6/c13-10(12(16,17)18)11(14,15)8-4-7-9-5-2-1-3-6-9/h1-7,10H,8H2. The van der Waals surface area contributed by atoms with E-state index in [0.29, 0.717) is 5.56 Å². The van der Waals surface area contributed by atoms with Gasteiger partial charge in [0.25, 0.3) is 12.1 Å². The molecule has 1 aromatic carbocycles. The Labute approximate surface area is 99.9 Å². The van der Waals surface area contributed by atoms with Crippen LogP contribution in [0.1, 0.15) is 12.0 Å². The predicted molar refractivity (Wildman–Crippen MR) is 56.0 cm³/mol. The maximum atomic E-state index is 12.9. The minimum atomic E-state index is -5.55. The van der Waals surface area contributed by atoms with Gasteiger partial charge in [0, 0.05) is 6.42 Å². The Morgan fingerprint density at radius 1 is 1.00 bits per heavy atom. The average molecular weight is 268 g/mol. The van der Waals surface area contributed by atoms with Crippen molar-refractivity contribution in [2.24, 2.45) is 0 Å². The van der Waals surface area contributed by atoms with Crippen LogP contribution < -0.4 is 0 Å². The molecule has 0 saturated heterocycles. The Hall–Kier alpha value is -1.46. The molecule has 0 spiro atoms. The summed E-state index contributed by atoms with van der Waals surface area (Å²) in [6.07, 6.45) is -8.96. The van der Waals surface area contributed by atoms with Gasteiger partial charge in [0.1, 0.15) is 0 Å². The van der Waals surface area contributed by atoms with Crippen molar-refractivity contribution in [1.29, 1.82) is 0 Å². The van der Waals surface area contributed by atoms with Gasteiger partial charge >= 0.3 is 6.18 Å². The van der Waals surface area contributed by atoms with Crippen LogP contribution in [-0.4, -0.2) is 18.3 Å². The summed E-state index contributed by atoms with van der Waals surface area (Å²) in [6, 6.07) is 8.17. The highest BCUT2D eigenvalue weighted by Gasteiger charge is 2.55. The summed E-state index contributed by atoms with van der Waals surface area (Å²) < 4.78 is 73.7. The Morgan fingerprint density at radius 2 is 1.56 bits per heavy atom. The molecular formula is C12H10F6. The van der Waals surface area contributed by atoms with Crippen LogP contribution in [0.25, 0.3) is 6.08 Å². The first-order valence-corrected chi connectivity index (χ1v) is 5.03. The fourth-order valence-corrected chi connectivity index (χ4v) is 1.26. The lowest BCUT2D eigenvalue weighted by Gasteiger charge is -2.21. The highest BCUT2D eigenvalue weighted by atomic mass is 19.4. The molecule has 0 aromatic heterocycles. The van der Waals surface area contributed by atoms with Crippen molar-refractivity contribution in [3.63, 3.8) is 0 Å². The molecule has 0 N–H and O–H groups in total. The summed E-state index contributed by atoms with van der Waals surface area (Å²) in [6.45, 7) is 0. The van der Waals surface area contributed by atoms with Crippen molar-refractivity contribution < 1.29 is 26.3 Å². The Bertz CT molecular complexity index is 393. The molecule has 18 heavy (non-hydrogen) atoms. The maximum Gasteiger partial charge on any atom is 0.425 e. The smallest absolute Gasteiger partial charge is 0.231 e. The first-order chi connectivity index (χ1) is 8.23. The molecule has 0 aliphatic rings. The fraction of sp³-hybridized carbons (Fsp3) is 0.333. The SMILES string of the molecule is FC(C(F)(F)F)C(F)(F)CC=Cc1ccccc1. The van der Waals surface area contributed by atoms with Gasteiger partial charge in [-0.25, -0.2) is 13.2 Å². The van der Waals surface area contributed by atoms with E-state index in [1.165, 1.54) is 6.08 Å². The predicted octanol–water partition coefficient (Wildman–Crippen LogP) is 4.63. The monoisotopic (exact) mass is 268 g/mol. The lowest BCUT2D eigenvalue weighted by atomic mass is 10.1. The van der Waals surface area contributed by atoms with E-state index in [1.54, 1.807) is 30.3 Å². The van der Waals surface area contributed by atoms with Crippen molar-refractivity contribution in [2.45, 2.75) is 24.7 Å². The number of halogens is 6. The molecule has 0 aliphatic heterocycles. The Balaban J connectivity index is 2.65. The number of hydrogen-bond acceptors (Lipinski definition) is 0. The quantitative estimate of drug-likeness (QED) is 0.699. The molecule has 1 rings (SSSR count). The van der Waals surface area contributed by atoms with Crippen LogP contribution in [0.2, 0.25) is 0 Å². The normalized spacial score (nSPS) is 15.0. The van der Waals surface area contributed by atoms with Crippen molar-refractivity contribution in [3.8, 4) is 0 Å². The van der Waals surface area contributed by atoms with Gasteiger partial charge in [0.05, 0.1) is 0 Å². The molecular weight excluding hydrogens is 258 g/mol. The van der Waals surface area contributed by atoms with E-state index < -0.39 is 24.7 Å². The molecule has 6 heteroatoms. The van der Waals surface area contributed by atoms with Crippen LogP contribution in [0.4, 0.5) is 26.3 Å². The zero-order valence-electron chi connectivity index (χ0n) is 9.09. The van der Waals surface area contributed by atoms with Gasteiger partial charge in [-0.05, 0) is 5.56 Å². The summed E-state index contributed by atoms with van der Waals surface area (Å²) in [4.78, 5) is 0. The van der Waals surface area contributed by atoms with Crippen molar-refractivity contribution in [2.75, 3.05) is 0 Å². The molecule has 1 aromatic rings. The number of benzene rings is 1. The Morgan fingerprint density at radius 3 is 2.06 bits per heavy atom. The Kier molecular flexibility index (Phi) is 4.43. The molecule has 0 saturated carbocycles. The lowest BCUT2D eigenvalue weighted by Crippen LogP contribution is -2.41. The van der Waals surface area contributed by atoms with E-state index in [1.807, 2.05) is 0 Å². The van der Waals surface area contributed by atoms with Crippen LogP contribution in [0.5, 0.6) is 0 Å². The first-order valence-electron chi connectivity index (χ1n) is 5.03.